The number of carbonyl (C=O) groups excluding carboxylic acids is 1. The summed E-state index contributed by atoms with van der Waals surface area (Å²) < 4.78 is 0. The SMILES string of the molecule is C=CC=NC(=C)CN1CCC(N(Cc2cccc(C#CCO)c2)C(=O)c2ccc(N)cc2)CC1.CC. The molecule has 0 radical (unpaired) electrons. The summed E-state index contributed by atoms with van der Waals surface area (Å²) in [6, 6.07) is 15.0. The first-order valence-corrected chi connectivity index (χ1v) is 12.4. The number of nitrogens with two attached hydrogens (primary N) is 1. The van der Waals surface area contributed by atoms with Crippen LogP contribution in [0.5, 0.6) is 0 Å². The first-order chi connectivity index (χ1) is 17.5. The second-order valence-corrected chi connectivity index (χ2v) is 8.30. The zero-order valence-corrected chi connectivity index (χ0v) is 21.5. The number of carbonyl (C=O) groups is 1. The average molecular weight is 487 g/mol. The number of benzene rings is 2. The lowest BCUT2D eigenvalue weighted by atomic mass is 10.00. The van der Waals surface area contributed by atoms with E-state index >= 15 is 0 Å². The lowest BCUT2D eigenvalue weighted by molar-refractivity contribution is 0.0557. The van der Waals surface area contributed by atoms with Gasteiger partial charge in [-0.15, -0.1) is 0 Å². The van der Waals surface area contributed by atoms with Gasteiger partial charge in [0.1, 0.15) is 6.61 Å². The number of nitrogen functional groups attached to an aromatic ring is 1. The van der Waals surface area contributed by atoms with Crippen LogP contribution in [0.25, 0.3) is 0 Å². The first-order valence-electron chi connectivity index (χ1n) is 12.4. The van der Waals surface area contributed by atoms with E-state index in [2.05, 4.69) is 34.9 Å². The molecule has 0 unspecified atom stereocenters. The topological polar surface area (TPSA) is 82.2 Å². The quantitative estimate of drug-likeness (QED) is 0.327. The van der Waals surface area contributed by atoms with E-state index in [0.29, 0.717) is 24.3 Å². The minimum atomic E-state index is -0.185. The number of hydrogen-bond acceptors (Lipinski definition) is 5. The Balaban J connectivity index is 0.00000222. The fourth-order valence-corrected chi connectivity index (χ4v) is 4.09. The number of aliphatic hydroxyl groups excluding tert-OH is 1. The van der Waals surface area contributed by atoms with Crippen molar-refractivity contribution >= 4 is 17.8 Å². The van der Waals surface area contributed by atoms with Crippen molar-refractivity contribution in [1.82, 2.24) is 9.80 Å². The van der Waals surface area contributed by atoms with Crippen LogP contribution in [0.1, 0.15) is 48.2 Å². The Kier molecular flexibility index (Phi) is 12.2. The van der Waals surface area contributed by atoms with E-state index in [-0.39, 0.29) is 18.6 Å². The van der Waals surface area contributed by atoms with Gasteiger partial charge in [-0.3, -0.25) is 14.7 Å². The molecule has 3 rings (SSSR count). The molecule has 190 valence electrons. The molecule has 0 atom stereocenters. The van der Waals surface area contributed by atoms with Crippen molar-refractivity contribution in [3.8, 4) is 11.8 Å². The summed E-state index contributed by atoms with van der Waals surface area (Å²) in [6.45, 7) is 14.4. The fraction of sp³-hybridized carbons (Fsp3) is 0.333. The maximum absolute atomic E-state index is 13.6. The lowest BCUT2D eigenvalue weighted by Crippen LogP contribution is -2.47. The van der Waals surface area contributed by atoms with E-state index in [0.717, 1.165) is 42.8 Å². The van der Waals surface area contributed by atoms with Crippen LogP contribution in [-0.2, 0) is 6.54 Å². The molecule has 6 nitrogen and oxygen atoms in total. The highest BCUT2D eigenvalue weighted by atomic mass is 16.2. The number of piperidine rings is 1. The molecule has 1 aliphatic rings. The van der Waals surface area contributed by atoms with Crippen molar-refractivity contribution in [1.29, 1.82) is 0 Å². The summed E-state index contributed by atoms with van der Waals surface area (Å²) in [5.74, 6) is 5.61. The number of hydrogen-bond donors (Lipinski definition) is 2. The fourth-order valence-electron chi connectivity index (χ4n) is 4.09. The number of nitrogens with zero attached hydrogens (tertiary/aromatic N) is 3. The lowest BCUT2D eigenvalue weighted by Gasteiger charge is -2.38. The molecule has 1 amide bonds. The molecule has 0 aliphatic carbocycles. The Morgan fingerprint density at radius 2 is 1.92 bits per heavy atom. The van der Waals surface area contributed by atoms with Gasteiger partial charge < -0.3 is 15.7 Å². The van der Waals surface area contributed by atoms with E-state index in [1.165, 1.54) is 0 Å². The summed E-state index contributed by atoms with van der Waals surface area (Å²) in [6.07, 6.45) is 5.02. The van der Waals surface area contributed by atoms with Crippen molar-refractivity contribution in [3.05, 3.63) is 90.2 Å². The number of likely N-dealkylation sites (tertiary alicyclic amines) is 1. The Labute approximate surface area is 215 Å². The molecule has 0 aromatic heterocycles. The number of rotatable bonds is 8. The van der Waals surface area contributed by atoms with Crippen LogP contribution in [0.3, 0.4) is 0 Å². The third kappa shape index (κ3) is 8.84. The molecule has 1 aliphatic heterocycles. The van der Waals surface area contributed by atoms with Crippen molar-refractivity contribution < 1.29 is 9.90 Å². The van der Waals surface area contributed by atoms with E-state index in [4.69, 9.17) is 10.8 Å². The van der Waals surface area contributed by atoms with Gasteiger partial charge >= 0.3 is 0 Å². The van der Waals surface area contributed by atoms with Gasteiger partial charge in [0.05, 0.1) is 0 Å². The average Bonchev–Trinajstić information content (AvgIpc) is 2.91. The summed E-state index contributed by atoms with van der Waals surface area (Å²) in [5, 5.41) is 8.99. The van der Waals surface area contributed by atoms with Crippen molar-refractivity contribution in [3.63, 3.8) is 0 Å². The third-order valence-electron chi connectivity index (χ3n) is 5.78. The van der Waals surface area contributed by atoms with E-state index < -0.39 is 0 Å². The Morgan fingerprint density at radius 1 is 1.22 bits per heavy atom. The number of amides is 1. The highest BCUT2D eigenvalue weighted by molar-refractivity contribution is 5.94. The normalized spacial score (nSPS) is 13.8. The van der Waals surface area contributed by atoms with Gasteiger partial charge in [0.15, 0.2) is 0 Å². The maximum Gasteiger partial charge on any atom is 0.254 e. The monoisotopic (exact) mass is 486 g/mol. The summed E-state index contributed by atoms with van der Waals surface area (Å²) in [4.78, 5) is 22.1. The minimum absolute atomic E-state index is 0.00899. The van der Waals surface area contributed by atoms with Gasteiger partial charge in [0.2, 0.25) is 0 Å². The van der Waals surface area contributed by atoms with Gasteiger partial charge in [-0.25, -0.2) is 0 Å². The molecule has 6 heteroatoms. The number of allylic oxidation sites excluding steroid dienone is 1. The largest absolute Gasteiger partial charge is 0.399 e. The number of aliphatic imine (C=N–C) groups is 1. The van der Waals surface area contributed by atoms with Gasteiger partial charge in [-0.05, 0) is 54.8 Å². The smallest absolute Gasteiger partial charge is 0.254 e. The molecular weight excluding hydrogens is 448 g/mol. The van der Waals surface area contributed by atoms with Crippen molar-refractivity contribution in [2.45, 2.75) is 39.3 Å². The van der Waals surface area contributed by atoms with Crippen LogP contribution >= 0.6 is 0 Å². The standard InChI is InChI=1S/C28H32N4O2.C2H6/c1-3-15-30-22(2)20-31-16-13-27(14-17-31)32(28(34)25-9-11-26(29)12-10-25)21-24-7-4-6-23(19-24)8-5-18-33;1-2/h3-4,6-7,9-12,15,19,27,33H,1-2,13-14,16-18,20-21,29H2;1-2H3. The Morgan fingerprint density at radius 3 is 2.56 bits per heavy atom. The predicted octanol–water partition coefficient (Wildman–Crippen LogP) is 4.52. The van der Waals surface area contributed by atoms with Crippen LogP contribution in [0.15, 0.2) is 78.5 Å². The van der Waals surface area contributed by atoms with E-state index in [9.17, 15) is 4.79 Å². The molecule has 1 fully saturated rings. The molecule has 36 heavy (non-hydrogen) atoms. The summed E-state index contributed by atoms with van der Waals surface area (Å²) in [7, 11) is 0. The molecular formula is C30H38N4O2. The molecule has 0 spiro atoms. The van der Waals surface area contributed by atoms with Gasteiger partial charge in [0.25, 0.3) is 5.91 Å². The van der Waals surface area contributed by atoms with Gasteiger partial charge in [-0.1, -0.05) is 57.1 Å². The van der Waals surface area contributed by atoms with Crippen LogP contribution in [0.4, 0.5) is 5.69 Å². The predicted molar refractivity (Wildman–Crippen MR) is 150 cm³/mol. The summed E-state index contributed by atoms with van der Waals surface area (Å²) >= 11 is 0. The van der Waals surface area contributed by atoms with Crippen molar-refractivity contribution in [2.75, 3.05) is 32.0 Å². The van der Waals surface area contributed by atoms with Gasteiger partial charge in [0, 0.05) is 60.9 Å². The highest BCUT2D eigenvalue weighted by Crippen LogP contribution is 2.23. The Hall–Kier alpha value is -3.66. The molecule has 0 bridgehead atoms. The number of anilines is 1. The Bertz CT molecular complexity index is 1090. The maximum atomic E-state index is 13.6. The number of aliphatic hydroxyl groups is 1. The van der Waals surface area contributed by atoms with Gasteiger partial charge in [-0.2, -0.15) is 0 Å². The van der Waals surface area contributed by atoms with Crippen molar-refractivity contribution in [2.24, 2.45) is 4.99 Å². The molecule has 0 saturated carbocycles. The molecule has 1 heterocycles. The second kappa shape index (κ2) is 15.4. The second-order valence-electron chi connectivity index (χ2n) is 8.30. The highest BCUT2D eigenvalue weighted by Gasteiger charge is 2.29. The first kappa shape index (κ1) is 28.6. The zero-order valence-electron chi connectivity index (χ0n) is 21.5. The molecule has 2 aromatic rings. The van der Waals surface area contributed by atoms with E-state index in [1.807, 2.05) is 43.0 Å². The molecule has 1 saturated heterocycles. The van der Waals surface area contributed by atoms with Crippen LogP contribution < -0.4 is 5.73 Å². The summed E-state index contributed by atoms with van der Waals surface area (Å²) in [5.41, 5.74) is 9.71. The molecule has 3 N–H and O–H groups in total. The van der Waals surface area contributed by atoms with Crippen LogP contribution in [0.2, 0.25) is 0 Å². The zero-order chi connectivity index (χ0) is 26.3. The third-order valence-corrected chi connectivity index (χ3v) is 5.78. The van der Waals surface area contributed by atoms with Crippen LogP contribution in [0, 0.1) is 11.8 Å². The van der Waals surface area contributed by atoms with E-state index in [1.54, 1.807) is 36.6 Å². The minimum Gasteiger partial charge on any atom is -0.399 e. The molecule has 2 aromatic carbocycles. The van der Waals surface area contributed by atoms with Crippen LogP contribution in [-0.4, -0.2) is 59.3 Å².